The van der Waals surface area contributed by atoms with E-state index in [-0.39, 0.29) is 24.0 Å². The average molecular weight is 395 g/mol. The second kappa shape index (κ2) is 9.04. The number of hydrogen-bond acceptors (Lipinski definition) is 3. The normalized spacial score (nSPS) is 21.7. The van der Waals surface area contributed by atoms with E-state index in [1.165, 1.54) is 38.8 Å². The van der Waals surface area contributed by atoms with E-state index in [4.69, 9.17) is 0 Å². The first kappa shape index (κ1) is 18.0. The minimum Gasteiger partial charge on any atom is -0.355 e. The summed E-state index contributed by atoms with van der Waals surface area (Å²) in [6.45, 7) is 4.54. The van der Waals surface area contributed by atoms with E-state index in [9.17, 15) is 0 Å². The maximum absolute atomic E-state index is 4.26. The zero-order valence-corrected chi connectivity index (χ0v) is 15.4. The van der Waals surface area contributed by atoms with Gasteiger partial charge in [0.2, 0.25) is 0 Å². The van der Waals surface area contributed by atoms with Gasteiger partial charge in [-0.05, 0) is 52.9 Å². The molecular weight excluding hydrogens is 365 g/mol. The zero-order chi connectivity index (χ0) is 13.7. The third-order valence-electron chi connectivity index (χ3n) is 4.15. The average Bonchev–Trinajstić information content (AvgIpc) is 3.22. The number of rotatable bonds is 5. The third-order valence-corrected chi connectivity index (χ3v) is 4.15. The van der Waals surface area contributed by atoms with Gasteiger partial charge >= 0.3 is 0 Å². The smallest absolute Gasteiger partial charge is 0.191 e. The highest BCUT2D eigenvalue weighted by molar-refractivity contribution is 14.0. The molecule has 6 heteroatoms. The molecule has 0 radical (unpaired) electrons. The Morgan fingerprint density at radius 2 is 1.85 bits per heavy atom. The Morgan fingerprint density at radius 1 is 1.20 bits per heavy atom. The van der Waals surface area contributed by atoms with Crippen LogP contribution in [0, 0.1) is 0 Å². The van der Waals surface area contributed by atoms with E-state index in [0.717, 1.165) is 25.1 Å². The van der Waals surface area contributed by atoms with Crippen molar-refractivity contribution in [2.24, 2.45) is 4.99 Å². The van der Waals surface area contributed by atoms with E-state index in [2.05, 4.69) is 39.5 Å². The molecule has 1 saturated heterocycles. The van der Waals surface area contributed by atoms with Crippen LogP contribution in [0.4, 0.5) is 0 Å². The van der Waals surface area contributed by atoms with Crippen molar-refractivity contribution in [3.05, 3.63) is 0 Å². The molecule has 0 unspecified atom stereocenters. The summed E-state index contributed by atoms with van der Waals surface area (Å²) in [7, 11) is 6.23. The number of nitrogens with zero attached hydrogens (tertiary/aromatic N) is 3. The van der Waals surface area contributed by atoms with Crippen molar-refractivity contribution in [1.82, 2.24) is 20.4 Å². The number of hydrogen-bond donors (Lipinski definition) is 2. The van der Waals surface area contributed by atoms with Crippen LogP contribution >= 0.6 is 24.0 Å². The molecule has 0 aromatic carbocycles. The minimum absolute atomic E-state index is 0. The second-order valence-corrected chi connectivity index (χ2v) is 5.95. The molecule has 0 atom stereocenters. The van der Waals surface area contributed by atoms with E-state index >= 15 is 0 Å². The van der Waals surface area contributed by atoms with Gasteiger partial charge in [0, 0.05) is 32.2 Å². The van der Waals surface area contributed by atoms with Crippen LogP contribution in [0.5, 0.6) is 0 Å². The largest absolute Gasteiger partial charge is 0.355 e. The van der Waals surface area contributed by atoms with E-state index in [1.807, 2.05) is 7.05 Å². The summed E-state index contributed by atoms with van der Waals surface area (Å²) in [6.07, 6.45) is 5.17. The Labute approximate surface area is 140 Å². The van der Waals surface area contributed by atoms with Crippen molar-refractivity contribution in [2.75, 3.05) is 47.3 Å². The second-order valence-electron chi connectivity index (χ2n) is 5.95. The monoisotopic (exact) mass is 395 g/mol. The molecule has 1 aliphatic heterocycles. The molecule has 0 amide bonds. The van der Waals surface area contributed by atoms with Gasteiger partial charge in [-0.25, -0.2) is 0 Å². The standard InChI is InChI=1S/C14H29N5.HI/c1-15-14(17-12-4-5-12)16-8-11-19-9-6-13(7-10-19)18(2)3;/h12-13H,4-11H2,1-3H3,(H2,15,16,17);1H. The third kappa shape index (κ3) is 6.13. The van der Waals surface area contributed by atoms with Crippen molar-refractivity contribution < 1.29 is 0 Å². The van der Waals surface area contributed by atoms with Gasteiger partial charge in [-0.2, -0.15) is 0 Å². The fraction of sp³-hybridized carbons (Fsp3) is 0.929. The predicted molar refractivity (Wildman–Crippen MR) is 96.1 cm³/mol. The number of halogens is 1. The van der Waals surface area contributed by atoms with Gasteiger partial charge < -0.3 is 20.4 Å². The molecule has 2 N–H and O–H groups in total. The minimum atomic E-state index is 0. The number of nitrogens with one attached hydrogen (secondary N) is 2. The summed E-state index contributed by atoms with van der Waals surface area (Å²) in [4.78, 5) is 9.17. The van der Waals surface area contributed by atoms with Crippen molar-refractivity contribution in [1.29, 1.82) is 0 Å². The molecule has 20 heavy (non-hydrogen) atoms. The molecule has 2 rings (SSSR count). The van der Waals surface area contributed by atoms with Crippen LogP contribution in [-0.4, -0.2) is 75.2 Å². The first-order valence-electron chi connectivity index (χ1n) is 7.55. The molecule has 0 bridgehead atoms. The summed E-state index contributed by atoms with van der Waals surface area (Å²) in [5, 5.41) is 6.82. The summed E-state index contributed by atoms with van der Waals surface area (Å²) in [6, 6.07) is 1.44. The van der Waals surface area contributed by atoms with Gasteiger partial charge in [0.15, 0.2) is 5.96 Å². The van der Waals surface area contributed by atoms with Crippen LogP contribution in [0.15, 0.2) is 4.99 Å². The summed E-state index contributed by atoms with van der Waals surface area (Å²) in [5.74, 6) is 0.964. The molecule has 0 spiro atoms. The van der Waals surface area contributed by atoms with Gasteiger partial charge in [-0.3, -0.25) is 4.99 Å². The van der Waals surface area contributed by atoms with Crippen LogP contribution in [0.2, 0.25) is 0 Å². The highest BCUT2D eigenvalue weighted by atomic mass is 127. The molecule has 1 aliphatic carbocycles. The molecule has 0 aromatic heterocycles. The Balaban J connectivity index is 0.00000200. The molecule has 5 nitrogen and oxygen atoms in total. The predicted octanol–water partition coefficient (Wildman–Crippen LogP) is 0.958. The fourth-order valence-corrected chi connectivity index (χ4v) is 2.61. The van der Waals surface area contributed by atoms with Gasteiger partial charge in [-0.1, -0.05) is 0 Å². The van der Waals surface area contributed by atoms with Gasteiger partial charge in [-0.15, -0.1) is 24.0 Å². The molecule has 1 heterocycles. The number of likely N-dealkylation sites (tertiary alicyclic amines) is 1. The lowest BCUT2D eigenvalue weighted by molar-refractivity contribution is 0.146. The highest BCUT2D eigenvalue weighted by Crippen LogP contribution is 2.18. The molecule has 2 aliphatic rings. The highest BCUT2D eigenvalue weighted by Gasteiger charge is 2.22. The van der Waals surface area contributed by atoms with Crippen LogP contribution in [-0.2, 0) is 0 Å². The van der Waals surface area contributed by atoms with Gasteiger partial charge in [0.1, 0.15) is 0 Å². The van der Waals surface area contributed by atoms with Crippen molar-refractivity contribution in [2.45, 2.75) is 37.8 Å². The van der Waals surface area contributed by atoms with Crippen LogP contribution in [0.25, 0.3) is 0 Å². The van der Waals surface area contributed by atoms with E-state index in [0.29, 0.717) is 6.04 Å². The molecule has 1 saturated carbocycles. The number of guanidine groups is 1. The topological polar surface area (TPSA) is 42.9 Å². The number of aliphatic imine (C=N–C) groups is 1. The van der Waals surface area contributed by atoms with Crippen LogP contribution in [0.3, 0.4) is 0 Å². The zero-order valence-electron chi connectivity index (χ0n) is 13.1. The first-order chi connectivity index (χ1) is 9.19. The Morgan fingerprint density at radius 3 is 2.35 bits per heavy atom. The lowest BCUT2D eigenvalue weighted by Gasteiger charge is -2.35. The lowest BCUT2D eigenvalue weighted by Crippen LogP contribution is -2.46. The molecule has 2 fully saturated rings. The maximum atomic E-state index is 4.26. The van der Waals surface area contributed by atoms with Crippen molar-refractivity contribution in [3.63, 3.8) is 0 Å². The lowest BCUT2D eigenvalue weighted by atomic mass is 10.0. The first-order valence-corrected chi connectivity index (χ1v) is 7.55. The Kier molecular flexibility index (Phi) is 8.13. The summed E-state index contributed by atoms with van der Waals surface area (Å²) < 4.78 is 0. The molecular formula is C14H30IN5. The van der Waals surface area contributed by atoms with Gasteiger partial charge in [0.05, 0.1) is 0 Å². The quantitative estimate of drug-likeness (QED) is 0.414. The SMILES string of the molecule is CN=C(NCCN1CCC(N(C)C)CC1)NC1CC1.I. The maximum Gasteiger partial charge on any atom is 0.191 e. The molecule has 0 aromatic rings. The summed E-state index contributed by atoms with van der Waals surface area (Å²) >= 11 is 0. The molecule has 118 valence electrons. The van der Waals surface area contributed by atoms with E-state index in [1.54, 1.807) is 0 Å². The van der Waals surface area contributed by atoms with Crippen LogP contribution < -0.4 is 10.6 Å². The Hall–Kier alpha value is -0.0800. The van der Waals surface area contributed by atoms with Crippen LogP contribution in [0.1, 0.15) is 25.7 Å². The Bertz CT molecular complexity index is 296. The van der Waals surface area contributed by atoms with E-state index < -0.39 is 0 Å². The van der Waals surface area contributed by atoms with Gasteiger partial charge in [0.25, 0.3) is 0 Å². The fourth-order valence-electron chi connectivity index (χ4n) is 2.61. The van der Waals surface area contributed by atoms with Crippen molar-refractivity contribution >= 4 is 29.9 Å². The summed E-state index contributed by atoms with van der Waals surface area (Å²) in [5.41, 5.74) is 0. The number of piperidine rings is 1. The van der Waals surface area contributed by atoms with Crippen molar-refractivity contribution in [3.8, 4) is 0 Å².